The zero-order valence-corrected chi connectivity index (χ0v) is 20.4. The minimum Gasteiger partial charge on any atom is -0.501 e. The van der Waals surface area contributed by atoms with Crippen molar-refractivity contribution in [3.8, 4) is 11.8 Å². The molecular formula is C25H22FN7O4. The molecule has 2 atom stereocenters. The van der Waals surface area contributed by atoms with Crippen LogP contribution in [0.1, 0.15) is 63.3 Å². The summed E-state index contributed by atoms with van der Waals surface area (Å²) in [6, 6.07) is 5.84. The van der Waals surface area contributed by atoms with Crippen molar-refractivity contribution in [2.75, 3.05) is 5.32 Å². The molecule has 0 aliphatic carbocycles. The smallest absolute Gasteiger partial charge is 0.296 e. The molecule has 3 aromatic heterocycles. The predicted octanol–water partition coefficient (Wildman–Crippen LogP) is 3.08. The molecule has 4 aromatic rings. The van der Waals surface area contributed by atoms with Crippen LogP contribution in [0.5, 0.6) is 5.75 Å². The Bertz CT molecular complexity index is 1590. The number of nitrogens with zero attached hydrogens (tertiary/aromatic N) is 6. The van der Waals surface area contributed by atoms with Crippen molar-refractivity contribution in [1.29, 1.82) is 5.26 Å². The summed E-state index contributed by atoms with van der Waals surface area (Å²) in [7, 11) is 1.39. The van der Waals surface area contributed by atoms with Gasteiger partial charge >= 0.3 is 0 Å². The molecule has 4 rings (SSSR count). The highest BCUT2D eigenvalue weighted by atomic mass is 19.1. The topological polar surface area (TPSA) is 160 Å². The summed E-state index contributed by atoms with van der Waals surface area (Å²) in [5, 5.41) is 26.1. The maximum absolute atomic E-state index is 14.4. The van der Waals surface area contributed by atoms with Gasteiger partial charge in [0, 0.05) is 25.1 Å². The monoisotopic (exact) mass is 503 g/mol. The molecule has 0 saturated heterocycles. The summed E-state index contributed by atoms with van der Waals surface area (Å²) in [5.74, 6) is -3.70. The summed E-state index contributed by atoms with van der Waals surface area (Å²) in [5.41, 5.74) is 1.06. The fourth-order valence-corrected chi connectivity index (χ4v) is 4.07. The molecule has 1 amide bonds. The Balaban J connectivity index is 1.91. The highest BCUT2D eigenvalue weighted by Crippen LogP contribution is 2.38. The number of aryl methyl sites for hydroxylation is 2. The maximum atomic E-state index is 14.4. The van der Waals surface area contributed by atoms with E-state index in [0.717, 1.165) is 4.57 Å². The zero-order chi connectivity index (χ0) is 26.9. The second-order valence-corrected chi connectivity index (χ2v) is 8.47. The van der Waals surface area contributed by atoms with Gasteiger partial charge in [-0.25, -0.2) is 9.37 Å². The first kappa shape index (κ1) is 25.2. The third-order valence-corrected chi connectivity index (χ3v) is 6.11. The van der Waals surface area contributed by atoms with Crippen molar-refractivity contribution in [2.45, 2.75) is 32.6 Å². The molecule has 188 valence electrons. The summed E-state index contributed by atoms with van der Waals surface area (Å²) < 4.78 is 20.2. The van der Waals surface area contributed by atoms with E-state index in [0.29, 0.717) is 22.6 Å². The number of hydrogen-bond acceptors (Lipinski definition) is 9. The third-order valence-electron chi connectivity index (χ3n) is 6.11. The molecule has 0 aliphatic heterocycles. The van der Waals surface area contributed by atoms with Gasteiger partial charge in [0.2, 0.25) is 5.75 Å². The molecule has 0 radical (unpaired) electrons. The highest BCUT2D eigenvalue weighted by molar-refractivity contribution is 6.04. The minimum atomic E-state index is -0.864. The lowest BCUT2D eigenvalue weighted by atomic mass is 9.81. The molecule has 0 saturated carbocycles. The Hall–Kier alpha value is -4.92. The van der Waals surface area contributed by atoms with Gasteiger partial charge in [0.25, 0.3) is 11.5 Å². The van der Waals surface area contributed by atoms with E-state index < -0.39 is 40.6 Å². The van der Waals surface area contributed by atoms with Crippen molar-refractivity contribution >= 4 is 11.6 Å². The van der Waals surface area contributed by atoms with E-state index >= 15 is 0 Å². The van der Waals surface area contributed by atoms with E-state index in [1.165, 1.54) is 43.9 Å². The maximum Gasteiger partial charge on any atom is 0.296 e. The standard InChI is InChI=1S/C25H22FN7O4/c1-12(23-32-21(22(34)25(36)33(23)4)24(35)31-17-9-29-37-11-17)20(19-10-28-13(2)14(3)30-19)18-7-16(26)6-5-15(18)8-27/h5-7,9-12,20,34H,1-4H3,(H,31,35)/t12-,20+/m0/s1. The van der Waals surface area contributed by atoms with Gasteiger partial charge in [0.15, 0.2) is 5.69 Å². The fraction of sp³-hybridized carbons (Fsp3) is 0.240. The molecule has 12 heteroatoms. The number of aromatic nitrogens is 5. The van der Waals surface area contributed by atoms with E-state index in [4.69, 9.17) is 0 Å². The van der Waals surface area contributed by atoms with Gasteiger partial charge < -0.3 is 14.9 Å². The van der Waals surface area contributed by atoms with E-state index in [2.05, 4.69) is 36.0 Å². The number of benzene rings is 1. The quantitative estimate of drug-likeness (QED) is 0.403. The Morgan fingerprint density at radius 1 is 1.24 bits per heavy atom. The van der Waals surface area contributed by atoms with Gasteiger partial charge in [-0.3, -0.25) is 24.1 Å². The number of rotatable bonds is 6. The molecule has 1 aromatic carbocycles. The number of anilines is 1. The van der Waals surface area contributed by atoms with E-state index in [9.17, 15) is 24.3 Å². The van der Waals surface area contributed by atoms with Gasteiger partial charge in [-0.2, -0.15) is 5.26 Å². The number of carbonyl (C=O) groups excluding carboxylic acids is 1. The molecule has 37 heavy (non-hydrogen) atoms. The van der Waals surface area contributed by atoms with Crippen LogP contribution in [0.3, 0.4) is 0 Å². The Morgan fingerprint density at radius 3 is 2.65 bits per heavy atom. The fourth-order valence-electron chi connectivity index (χ4n) is 4.07. The van der Waals surface area contributed by atoms with Crippen LogP contribution in [0, 0.1) is 31.0 Å². The molecule has 0 unspecified atom stereocenters. The Morgan fingerprint density at radius 2 is 2.00 bits per heavy atom. The number of halogens is 1. The average Bonchev–Trinajstić information content (AvgIpc) is 3.38. The number of nitriles is 1. The van der Waals surface area contributed by atoms with Crippen LogP contribution in [-0.4, -0.2) is 35.7 Å². The Kier molecular flexibility index (Phi) is 6.79. The number of carbonyl (C=O) groups is 1. The molecule has 3 heterocycles. The van der Waals surface area contributed by atoms with Gasteiger partial charge in [0.1, 0.15) is 23.6 Å². The van der Waals surface area contributed by atoms with Crippen LogP contribution in [0.15, 0.2) is 46.2 Å². The molecule has 0 spiro atoms. The van der Waals surface area contributed by atoms with E-state index in [1.807, 2.05) is 0 Å². The van der Waals surface area contributed by atoms with Crippen molar-refractivity contribution in [3.63, 3.8) is 0 Å². The first-order valence-corrected chi connectivity index (χ1v) is 11.1. The normalized spacial score (nSPS) is 12.5. The molecule has 0 fully saturated rings. The van der Waals surface area contributed by atoms with Crippen molar-refractivity contribution in [1.82, 2.24) is 24.7 Å². The number of aromatic hydroxyl groups is 1. The van der Waals surface area contributed by atoms with Crippen LogP contribution in [0.25, 0.3) is 0 Å². The highest BCUT2D eigenvalue weighted by Gasteiger charge is 2.32. The lowest BCUT2D eigenvalue weighted by molar-refractivity contribution is 0.101. The van der Waals surface area contributed by atoms with Gasteiger partial charge in [-0.15, -0.1) is 0 Å². The summed E-state index contributed by atoms with van der Waals surface area (Å²) in [6.07, 6.45) is 3.93. The second kappa shape index (κ2) is 9.98. The molecular weight excluding hydrogens is 481 g/mol. The molecule has 0 aliphatic rings. The summed E-state index contributed by atoms with van der Waals surface area (Å²) in [6.45, 7) is 5.26. The molecule has 0 bridgehead atoms. The van der Waals surface area contributed by atoms with Crippen LogP contribution in [0.4, 0.5) is 10.1 Å². The van der Waals surface area contributed by atoms with Crippen molar-refractivity contribution in [2.24, 2.45) is 7.05 Å². The first-order chi connectivity index (χ1) is 17.6. The lowest BCUT2D eigenvalue weighted by Crippen LogP contribution is -2.30. The summed E-state index contributed by atoms with van der Waals surface area (Å²) >= 11 is 0. The third kappa shape index (κ3) is 4.79. The number of hydrogen-bond donors (Lipinski definition) is 2. The number of amides is 1. The van der Waals surface area contributed by atoms with Crippen molar-refractivity contribution in [3.05, 3.63) is 92.8 Å². The number of nitrogens with one attached hydrogen (secondary N) is 1. The zero-order valence-electron chi connectivity index (χ0n) is 20.4. The van der Waals surface area contributed by atoms with Crippen LogP contribution >= 0.6 is 0 Å². The van der Waals surface area contributed by atoms with Crippen LogP contribution < -0.4 is 10.9 Å². The molecule has 11 nitrogen and oxygen atoms in total. The summed E-state index contributed by atoms with van der Waals surface area (Å²) in [4.78, 5) is 39.1. The first-order valence-electron chi connectivity index (χ1n) is 11.1. The SMILES string of the molecule is Cc1ncc([C@@H](c2cc(F)ccc2C#N)[C@H](C)c2nc(C(=O)Nc3cnoc3)c(O)c(=O)n2C)nc1C. The van der Waals surface area contributed by atoms with E-state index in [1.54, 1.807) is 20.8 Å². The second-order valence-electron chi connectivity index (χ2n) is 8.47. The minimum absolute atomic E-state index is 0.0939. The largest absolute Gasteiger partial charge is 0.501 e. The van der Waals surface area contributed by atoms with Gasteiger partial charge in [-0.05, 0) is 37.6 Å². The van der Waals surface area contributed by atoms with Crippen LogP contribution in [-0.2, 0) is 7.05 Å². The van der Waals surface area contributed by atoms with Crippen molar-refractivity contribution < 1.29 is 18.8 Å². The Labute approximate surface area is 210 Å². The predicted molar refractivity (Wildman–Crippen MR) is 128 cm³/mol. The van der Waals surface area contributed by atoms with Gasteiger partial charge in [-0.1, -0.05) is 12.1 Å². The lowest BCUT2D eigenvalue weighted by Gasteiger charge is -2.26. The average molecular weight is 503 g/mol. The molecule has 2 N–H and O–H groups in total. The van der Waals surface area contributed by atoms with E-state index in [-0.39, 0.29) is 17.1 Å². The van der Waals surface area contributed by atoms with Gasteiger partial charge in [0.05, 0.1) is 34.9 Å². The van der Waals surface area contributed by atoms with Crippen LogP contribution in [0.2, 0.25) is 0 Å².